The van der Waals surface area contributed by atoms with E-state index in [1.54, 1.807) is 17.0 Å². The number of anilines is 1. The minimum Gasteiger partial charge on any atom is -0.449 e. The molecule has 2 aliphatic rings. The molecule has 50 heavy (non-hydrogen) atoms. The minimum atomic E-state index is -0.656. The second-order valence-corrected chi connectivity index (χ2v) is 13.2. The van der Waals surface area contributed by atoms with Crippen LogP contribution >= 0.6 is 23.2 Å². The molecule has 2 saturated heterocycles. The number of carbonyl (C=O) groups is 3. The molecule has 0 radical (unpaired) electrons. The van der Waals surface area contributed by atoms with Gasteiger partial charge in [0.15, 0.2) is 16.8 Å². The number of amides is 3. The number of benzene rings is 3. The Morgan fingerprint density at radius 3 is 2.30 bits per heavy atom. The number of hydrogen-bond donors (Lipinski definition) is 1. The van der Waals surface area contributed by atoms with Crippen LogP contribution in [-0.4, -0.2) is 66.3 Å². The summed E-state index contributed by atoms with van der Waals surface area (Å²) in [7, 11) is 0. The number of rotatable bonds is 6. The lowest BCUT2D eigenvalue weighted by Gasteiger charge is -2.42. The van der Waals surface area contributed by atoms with E-state index in [0.717, 1.165) is 47.3 Å². The highest BCUT2D eigenvalue weighted by Gasteiger charge is 2.29. The van der Waals surface area contributed by atoms with Crippen LogP contribution in [0.4, 0.5) is 5.69 Å². The first kappa shape index (κ1) is 38.5. The molecule has 0 bridgehead atoms. The third-order valence-electron chi connectivity index (χ3n) is 8.63. The number of fused-ring (bicyclic) bond motifs is 1. The summed E-state index contributed by atoms with van der Waals surface area (Å²) in [4.78, 5) is 56.6. The molecule has 0 aliphatic carbocycles. The Labute approximate surface area is 304 Å². The van der Waals surface area contributed by atoms with Gasteiger partial charge in [-0.15, -0.1) is 0 Å². The summed E-state index contributed by atoms with van der Waals surface area (Å²) in [5.41, 5.74) is 4.00. The molecular formula is C39H46Cl2N4O5. The number of carbonyl (C=O) groups excluding carboxylic acids is 3. The highest BCUT2D eigenvalue weighted by molar-refractivity contribution is 6.34. The first-order valence-electron chi connectivity index (χ1n) is 17.1. The predicted molar refractivity (Wildman–Crippen MR) is 201 cm³/mol. The highest BCUT2D eigenvalue weighted by Crippen LogP contribution is 2.28. The lowest BCUT2D eigenvalue weighted by atomic mass is 10.1. The maximum atomic E-state index is 13.0. The van der Waals surface area contributed by atoms with Gasteiger partial charge in [-0.2, -0.15) is 0 Å². The molecule has 3 heterocycles. The van der Waals surface area contributed by atoms with Crippen molar-refractivity contribution < 1.29 is 18.8 Å². The number of nitrogens with one attached hydrogen (secondary N) is 1. The van der Waals surface area contributed by atoms with Crippen molar-refractivity contribution in [2.45, 2.75) is 66.5 Å². The second kappa shape index (κ2) is 18.1. The first-order chi connectivity index (χ1) is 24.0. The van der Waals surface area contributed by atoms with Gasteiger partial charge in [0.25, 0.3) is 5.91 Å². The lowest BCUT2D eigenvalue weighted by molar-refractivity contribution is -0.134. The number of halogens is 2. The molecule has 266 valence electrons. The van der Waals surface area contributed by atoms with Crippen molar-refractivity contribution in [3.63, 3.8) is 0 Å². The van der Waals surface area contributed by atoms with Gasteiger partial charge in [0.1, 0.15) is 0 Å². The predicted octanol–water partition coefficient (Wildman–Crippen LogP) is 7.41. The molecule has 1 unspecified atom stereocenters. The standard InChI is InChI=1S/C30H33ClN4O5.C7H7Cl.C2H6/c1-19-13-22-25(36)15-26(40-29(22)23(31)14-19)30(39)32-16-28(38)34-11-12-35(20(2)17-34)24-8-4-3-7-21(24)18-33-10-6-5-9-27(33)37;1-6-2-4-7(8)5-3-6;1-2/h3-4,7-8,13-15,20H,5-6,9-12,16-18H2,1-2H3,(H,32,39);2-5H,1H3;1-2H3. The van der Waals surface area contributed by atoms with Crippen LogP contribution in [0.3, 0.4) is 0 Å². The van der Waals surface area contributed by atoms with Crippen molar-refractivity contribution in [2.24, 2.45) is 0 Å². The third kappa shape index (κ3) is 9.88. The van der Waals surface area contributed by atoms with Gasteiger partial charge in [0.05, 0.1) is 17.0 Å². The SMILES string of the molecule is CC.Cc1cc(Cl)c2oc(C(=O)NCC(=O)N3CCN(c4ccccc4CN4CCCCC4=O)C(C)C3)cc(=O)c2c1.Cc1ccc(Cl)cc1. The van der Waals surface area contributed by atoms with Gasteiger partial charge in [-0.25, -0.2) is 0 Å². The van der Waals surface area contributed by atoms with E-state index in [9.17, 15) is 19.2 Å². The zero-order valence-electron chi connectivity index (χ0n) is 29.4. The quantitative estimate of drug-likeness (QED) is 0.223. The fraction of sp³-hybridized carbons (Fsp3) is 0.385. The number of aryl methyl sites for hydroxylation is 2. The minimum absolute atomic E-state index is 0.0377. The Kier molecular flexibility index (Phi) is 13.9. The van der Waals surface area contributed by atoms with Gasteiger partial charge in [-0.3, -0.25) is 19.2 Å². The Balaban J connectivity index is 0.000000489. The van der Waals surface area contributed by atoms with Crippen molar-refractivity contribution >= 4 is 57.6 Å². The molecule has 0 saturated carbocycles. The van der Waals surface area contributed by atoms with E-state index in [1.165, 1.54) is 5.56 Å². The Morgan fingerprint density at radius 2 is 1.62 bits per heavy atom. The van der Waals surface area contributed by atoms with E-state index in [1.807, 2.05) is 69.0 Å². The van der Waals surface area contributed by atoms with Gasteiger partial charge in [0, 0.05) is 62.0 Å². The van der Waals surface area contributed by atoms with Crippen LogP contribution in [0.1, 0.15) is 67.3 Å². The van der Waals surface area contributed by atoms with E-state index in [0.29, 0.717) is 38.0 Å². The second-order valence-electron chi connectivity index (χ2n) is 12.4. The number of nitrogens with zero attached hydrogens (tertiary/aromatic N) is 3. The van der Waals surface area contributed by atoms with Crippen LogP contribution in [0.15, 0.2) is 75.9 Å². The largest absolute Gasteiger partial charge is 0.449 e. The monoisotopic (exact) mass is 720 g/mol. The summed E-state index contributed by atoms with van der Waals surface area (Å²) >= 11 is 11.8. The molecule has 2 aliphatic heterocycles. The van der Waals surface area contributed by atoms with Crippen molar-refractivity contribution in [1.29, 1.82) is 0 Å². The average Bonchev–Trinajstić information content (AvgIpc) is 3.11. The maximum absolute atomic E-state index is 13.0. The normalized spacial score (nSPS) is 15.9. The fourth-order valence-electron chi connectivity index (χ4n) is 6.05. The molecule has 3 amide bonds. The summed E-state index contributed by atoms with van der Waals surface area (Å²) in [6, 6.07) is 20.3. The molecule has 4 aromatic rings. The van der Waals surface area contributed by atoms with Crippen LogP contribution < -0.4 is 15.6 Å². The number of para-hydroxylation sites is 1. The van der Waals surface area contributed by atoms with Gasteiger partial charge in [-0.1, -0.05) is 72.9 Å². The van der Waals surface area contributed by atoms with Crippen molar-refractivity contribution in [2.75, 3.05) is 37.6 Å². The Hall–Kier alpha value is -4.34. The van der Waals surface area contributed by atoms with E-state index in [2.05, 4.69) is 29.3 Å². The summed E-state index contributed by atoms with van der Waals surface area (Å²) in [5.74, 6) is -0.869. The smallest absolute Gasteiger partial charge is 0.287 e. The van der Waals surface area contributed by atoms with Gasteiger partial charge in [0.2, 0.25) is 11.8 Å². The van der Waals surface area contributed by atoms with Gasteiger partial charge in [-0.05, 0) is 75.1 Å². The van der Waals surface area contributed by atoms with Gasteiger partial charge >= 0.3 is 0 Å². The summed E-state index contributed by atoms with van der Waals surface area (Å²) in [6.45, 7) is 12.7. The van der Waals surface area contributed by atoms with Crippen LogP contribution in [0.5, 0.6) is 0 Å². The third-order valence-corrected chi connectivity index (χ3v) is 9.16. The molecule has 1 N–H and O–H groups in total. The number of likely N-dealkylation sites (tertiary alicyclic amines) is 1. The highest BCUT2D eigenvalue weighted by atomic mass is 35.5. The van der Waals surface area contributed by atoms with E-state index in [-0.39, 0.29) is 46.2 Å². The molecule has 2 fully saturated rings. The van der Waals surface area contributed by atoms with Crippen molar-refractivity contribution in [1.82, 2.24) is 15.1 Å². The number of hydrogen-bond acceptors (Lipinski definition) is 6. The summed E-state index contributed by atoms with van der Waals surface area (Å²) < 4.78 is 5.62. The van der Waals surface area contributed by atoms with Crippen LogP contribution in [0.2, 0.25) is 10.0 Å². The molecule has 1 aromatic heterocycles. The average molecular weight is 722 g/mol. The Morgan fingerprint density at radius 1 is 0.900 bits per heavy atom. The molecule has 3 aromatic carbocycles. The fourth-order valence-corrected chi connectivity index (χ4v) is 6.49. The van der Waals surface area contributed by atoms with Crippen molar-refractivity contribution in [3.8, 4) is 0 Å². The Bertz CT molecular complexity index is 1840. The lowest BCUT2D eigenvalue weighted by Crippen LogP contribution is -2.55. The number of piperazine rings is 1. The summed E-state index contributed by atoms with van der Waals surface area (Å²) in [6.07, 6.45) is 2.59. The van der Waals surface area contributed by atoms with E-state index in [4.69, 9.17) is 27.6 Å². The zero-order valence-corrected chi connectivity index (χ0v) is 30.9. The zero-order chi connectivity index (χ0) is 36.4. The van der Waals surface area contributed by atoms with Crippen molar-refractivity contribution in [3.05, 3.63) is 109 Å². The molecule has 6 rings (SSSR count). The van der Waals surface area contributed by atoms with Crippen LogP contribution in [0.25, 0.3) is 11.0 Å². The molecule has 0 spiro atoms. The van der Waals surface area contributed by atoms with E-state index >= 15 is 0 Å². The molecule has 1 atom stereocenters. The molecule has 9 nitrogen and oxygen atoms in total. The van der Waals surface area contributed by atoms with Crippen LogP contribution in [0, 0.1) is 13.8 Å². The van der Waals surface area contributed by atoms with Crippen LogP contribution in [-0.2, 0) is 16.1 Å². The number of piperidine rings is 1. The first-order valence-corrected chi connectivity index (χ1v) is 17.9. The maximum Gasteiger partial charge on any atom is 0.287 e. The van der Waals surface area contributed by atoms with Gasteiger partial charge < -0.3 is 24.4 Å². The summed E-state index contributed by atoms with van der Waals surface area (Å²) in [5, 5.41) is 3.92. The molecule has 11 heteroatoms. The molecular weight excluding hydrogens is 675 g/mol. The van der Waals surface area contributed by atoms with E-state index < -0.39 is 5.91 Å². The topological polar surface area (TPSA) is 103 Å².